The average Bonchev–Trinajstić information content (AvgIpc) is 2.89. The number of aryl methyl sites for hydroxylation is 1. The van der Waals surface area contributed by atoms with E-state index in [1.54, 1.807) is 0 Å². The lowest BCUT2D eigenvalue weighted by molar-refractivity contribution is -0.137. The van der Waals surface area contributed by atoms with Crippen LogP contribution in [-0.2, 0) is 4.79 Å². The van der Waals surface area contributed by atoms with Crippen molar-refractivity contribution < 1.29 is 14.7 Å². The minimum atomic E-state index is -0.809. The largest absolute Gasteiger partial charge is 0.481 e. The molecule has 0 radical (unpaired) electrons. The highest BCUT2D eigenvalue weighted by atomic mass is 16.4. The Balaban J connectivity index is 1.55. The zero-order valence-corrected chi connectivity index (χ0v) is 21.2. The first kappa shape index (κ1) is 25.5. The van der Waals surface area contributed by atoms with E-state index in [9.17, 15) is 14.7 Å². The maximum absolute atomic E-state index is 13.0. The van der Waals surface area contributed by atoms with Crippen LogP contribution >= 0.6 is 0 Å². The molecular weight excluding hydrogens is 448 g/mol. The van der Waals surface area contributed by atoms with E-state index in [1.807, 2.05) is 44.2 Å². The first-order valence-electron chi connectivity index (χ1n) is 13.0. The van der Waals surface area contributed by atoms with Crippen molar-refractivity contribution in [3.05, 3.63) is 95.1 Å². The minimum Gasteiger partial charge on any atom is -0.481 e. The number of hydrogen-bond donors (Lipinski definition) is 3. The number of nitrogens with one attached hydrogen (secondary N) is 2. The SMILES string of the molecule is CC[C@@H](CC(=O)O)c1ccc(C2CCC(c3ccccc3)CC2)c(NC(=O)Nc2ccc(C)cc2)c1. The van der Waals surface area contributed by atoms with E-state index in [4.69, 9.17) is 0 Å². The normalized spacial score (nSPS) is 18.3. The molecule has 5 nitrogen and oxygen atoms in total. The van der Waals surface area contributed by atoms with E-state index in [2.05, 4.69) is 53.1 Å². The van der Waals surface area contributed by atoms with Crippen molar-refractivity contribution in [3.8, 4) is 0 Å². The second-order valence-electron chi connectivity index (χ2n) is 9.95. The standard InChI is InChI=1S/C31H36N2O3/c1-3-22(20-30(34)35)26-15-18-28(25-13-11-24(12-14-25)23-7-5-4-6-8-23)29(19-26)33-31(36)32-27-16-9-21(2)10-17-27/h4-10,15-19,22,24-25H,3,11-14,20H2,1-2H3,(H,34,35)(H2,32,33,36)/t22-,24?,25?/m0/s1. The molecule has 1 saturated carbocycles. The Bertz CT molecular complexity index is 1170. The van der Waals surface area contributed by atoms with Gasteiger partial charge < -0.3 is 15.7 Å². The van der Waals surface area contributed by atoms with Gasteiger partial charge in [-0.25, -0.2) is 4.79 Å². The van der Waals surface area contributed by atoms with Crippen LogP contribution in [0.25, 0.3) is 0 Å². The summed E-state index contributed by atoms with van der Waals surface area (Å²) >= 11 is 0. The number of carbonyl (C=O) groups is 2. The molecule has 0 aromatic heterocycles. The van der Waals surface area contributed by atoms with Gasteiger partial charge in [-0.05, 0) is 91.7 Å². The fourth-order valence-corrected chi connectivity index (χ4v) is 5.39. The molecule has 0 bridgehead atoms. The Morgan fingerprint density at radius 1 is 0.889 bits per heavy atom. The topological polar surface area (TPSA) is 78.4 Å². The fraction of sp³-hybridized carbons (Fsp3) is 0.355. The molecule has 188 valence electrons. The molecule has 4 rings (SSSR count). The molecule has 3 N–H and O–H groups in total. The van der Waals surface area contributed by atoms with Crippen LogP contribution in [0, 0.1) is 6.92 Å². The maximum Gasteiger partial charge on any atom is 0.323 e. The van der Waals surface area contributed by atoms with Crippen molar-refractivity contribution in [1.82, 2.24) is 0 Å². The third-order valence-corrected chi connectivity index (χ3v) is 7.46. The Morgan fingerprint density at radius 2 is 1.56 bits per heavy atom. The summed E-state index contributed by atoms with van der Waals surface area (Å²) in [5.74, 6) is 0.0269. The number of aliphatic carboxylic acids is 1. The van der Waals surface area contributed by atoms with Crippen molar-refractivity contribution in [2.24, 2.45) is 0 Å². The van der Waals surface area contributed by atoms with Gasteiger partial charge in [-0.3, -0.25) is 4.79 Å². The number of benzene rings is 3. The van der Waals surface area contributed by atoms with Gasteiger partial charge in [0, 0.05) is 11.4 Å². The molecule has 0 spiro atoms. The summed E-state index contributed by atoms with van der Waals surface area (Å²) in [6, 6.07) is 24.3. The first-order chi connectivity index (χ1) is 17.4. The van der Waals surface area contributed by atoms with Crippen molar-refractivity contribution in [3.63, 3.8) is 0 Å². The van der Waals surface area contributed by atoms with E-state index in [-0.39, 0.29) is 18.4 Å². The molecular formula is C31H36N2O3. The van der Waals surface area contributed by atoms with Crippen LogP contribution in [0.3, 0.4) is 0 Å². The lowest BCUT2D eigenvalue weighted by Crippen LogP contribution is -2.22. The summed E-state index contributed by atoms with van der Waals surface area (Å²) in [6.45, 7) is 4.01. The molecule has 5 heteroatoms. The van der Waals surface area contributed by atoms with Crippen molar-refractivity contribution in [2.75, 3.05) is 10.6 Å². The number of carboxylic acid groups (broad SMARTS) is 1. The third-order valence-electron chi connectivity index (χ3n) is 7.46. The number of carbonyl (C=O) groups excluding carboxylic acids is 1. The zero-order chi connectivity index (χ0) is 25.5. The van der Waals surface area contributed by atoms with Crippen LogP contribution in [0.5, 0.6) is 0 Å². The van der Waals surface area contributed by atoms with Gasteiger partial charge >= 0.3 is 12.0 Å². The predicted molar refractivity (Wildman–Crippen MR) is 146 cm³/mol. The molecule has 1 fully saturated rings. The van der Waals surface area contributed by atoms with Crippen molar-refractivity contribution in [1.29, 1.82) is 0 Å². The number of urea groups is 1. The molecule has 0 aliphatic heterocycles. The number of anilines is 2. The Labute approximate surface area is 214 Å². The van der Waals surface area contributed by atoms with Gasteiger partial charge in [0.15, 0.2) is 0 Å². The lowest BCUT2D eigenvalue weighted by Gasteiger charge is -2.31. The predicted octanol–water partition coefficient (Wildman–Crippen LogP) is 8.05. The third kappa shape index (κ3) is 6.54. The zero-order valence-electron chi connectivity index (χ0n) is 21.2. The van der Waals surface area contributed by atoms with E-state index >= 15 is 0 Å². The van der Waals surface area contributed by atoms with Gasteiger partial charge in [-0.1, -0.05) is 67.1 Å². The van der Waals surface area contributed by atoms with Crippen LogP contribution in [0.2, 0.25) is 0 Å². The number of hydrogen-bond acceptors (Lipinski definition) is 2. The monoisotopic (exact) mass is 484 g/mol. The number of carboxylic acids is 1. The van der Waals surface area contributed by atoms with Crippen molar-refractivity contribution >= 4 is 23.4 Å². The van der Waals surface area contributed by atoms with Crippen LogP contribution < -0.4 is 10.6 Å². The number of amides is 2. The molecule has 1 atom stereocenters. The summed E-state index contributed by atoms with van der Waals surface area (Å²) in [4.78, 5) is 24.4. The summed E-state index contributed by atoms with van der Waals surface area (Å²) < 4.78 is 0. The second-order valence-corrected chi connectivity index (χ2v) is 9.95. The molecule has 3 aromatic rings. The van der Waals surface area contributed by atoms with Crippen LogP contribution in [0.4, 0.5) is 16.2 Å². The van der Waals surface area contributed by atoms with Crippen LogP contribution in [-0.4, -0.2) is 17.1 Å². The van der Waals surface area contributed by atoms with Gasteiger partial charge in [0.1, 0.15) is 0 Å². The van der Waals surface area contributed by atoms with E-state index < -0.39 is 5.97 Å². The molecule has 2 amide bonds. The first-order valence-corrected chi connectivity index (χ1v) is 13.0. The Kier molecular flexibility index (Phi) is 8.42. The summed E-state index contributed by atoms with van der Waals surface area (Å²) in [6.07, 6.45) is 5.14. The number of rotatable bonds is 8. The van der Waals surface area contributed by atoms with E-state index in [0.717, 1.165) is 60.2 Å². The van der Waals surface area contributed by atoms with Gasteiger partial charge in [0.25, 0.3) is 0 Å². The molecule has 1 aliphatic rings. The molecule has 0 heterocycles. The highest BCUT2D eigenvalue weighted by molar-refractivity contribution is 6.00. The molecule has 3 aromatic carbocycles. The summed E-state index contributed by atoms with van der Waals surface area (Å²) in [5.41, 5.74) is 6.13. The molecule has 36 heavy (non-hydrogen) atoms. The smallest absolute Gasteiger partial charge is 0.323 e. The van der Waals surface area contributed by atoms with Crippen LogP contribution in [0.15, 0.2) is 72.8 Å². The van der Waals surface area contributed by atoms with Gasteiger partial charge in [-0.15, -0.1) is 0 Å². The Morgan fingerprint density at radius 3 is 2.19 bits per heavy atom. The van der Waals surface area contributed by atoms with Gasteiger partial charge in [0.05, 0.1) is 6.42 Å². The highest BCUT2D eigenvalue weighted by Gasteiger charge is 2.26. The maximum atomic E-state index is 13.0. The van der Waals surface area contributed by atoms with Crippen LogP contribution in [0.1, 0.15) is 85.5 Å². The second kappa shape index (κ2) is 11.9. The molecule has 0 saturated heterocycles. The molecule has 1 aliphatic carbocycles. The van der Waals surface area contributed by atoms with E-state index in [0.29, 0.717) is 11.8 Å². The van der Waals surface area contributed by atoms with E-state index in [1.165, 1.54) is 5.56 Å². The summed E-state index contributed by atoms with van der Waals surface area (Å²) in [7, 11) is 0. The minimum absolute atomic E-state index is 0.0764. The fourth-order valence-electron chi connectivity index (χ4n) is 5.39. The molecule has 0 unspecified atom stereocenters. The Hall–Kier alpha value is -3.60. The summed E-state index contributed by atoms with van der Waals surface area (Å²) in [5, 5.41) is 15.4. The lowest BCUT2D eigenvalue weighted by atomic mass is 9.75. The highest BCUT2D eigenvalue weighted by Crippen LogP contribution is 2.43. The van der Waals surface area contributed by atoms with Crippen molar-refractivity contribution in [2.45, 2.75) is 70.1 Å². The van der Waals surface area contributed by atoms with Gasteiger partial charge in [0.2, 0.25) is 0 Å². The van der Waals surface area contributed by atoms with Gasteiger partial charge in [-0.2, -0.15) is 0 Å². The average molecular weight is 485 g/mol. The quantitative estimate of drug-likeness (QED) is 0.303.